The maximum atomic E-state index is 10.6. The van der Waals surface area contributed by atoms with Gasteiger partial charge in [0, 0.05) is 13.2 Å². The second-order valence-corrected chi connectivity index (χ2v) is 4.47. The molecule has 1 N–H and O–H groups in total. The Morgan fingerprint density at radius 1 is 1.53 bits per heavy atom. The number of aliphatic carboxylic acids is 1. The molecule has 0 aliphatic rings. The van der Waals surface area contributed by atoms with Crippen LogP contribution >= 0.6 is 0 Å². The second kappa shape index (κ2) is 6.08. The molecule has 0 aliphatic carbocycles. The van der Waals surface area contributed by atoms with Gasteiger partial charge in [0.1, 0.15) is 0 Å². The van der Waals surface area contributed by atoms with E-state index in [1.807, 2.05) is 32.6 Å². The first kappa shape index (κ1) is 14.4. The zero-order chi connectivity index (χ0) is 12.1. The van der Waals surface area contributed by atoms with Crippen LogP contribution in [0.3, 0.4) is 0 Å². The third kappa shape index (κ3) is 5.74. The number of nitrogens with zero attached hydrogens (tertiary/aromatic N) is 1. The van der Waals surface area contributed by atoms with Gasteiger partial charge in [0.15, 0.2) is 0 Å². The first-order chi connectivity index (χ1) is 6.82. The van der Waals surface area contributed by atoms with Gasteiger partial charge in [-0.3, -0.25) is 9.69 Å². The largest absolute Gasteiger partial charge is 0.480 e. The first-order valence-corrected chi connectivity index (χ1v) is 5.33. The molecular formula is C11H23NO3. The summed E-state index contributed by atoms with van der Waals surface area (Å²) in [6, 6.07) is 0.209. The van der Waals surface area contributed by atoms with Crippen molar-refractivity contribution < 1.29 is 14.6 Å². The van der Waals surface area contributed by atoms with E-state index in [-0.39, 0.29) is 18.2 Å². The standard InChI is InChI=1S/C11H23NO3/c1-6-12(8-10(13)14)9(2)7-11(3,4)15-5/h9H,6-8H2,1-5H3,(H,13,14). The van der Waals surface area contributed by atoms with Gasteiger partial charge < -0.3 is 9.84 Å². The lowest BCUT2D eigenvalue weighted by atomic mass is 9.99. The fourth-order valence-corrected chi connectivity index (χ4v) is 1.68. The fourth-order valence-electron chi connectivity index (χ4n) is 1.68. The number of hydrogen-bond donors (Lipinski definition) is 1. The predicted molar refractivity (Wildman–Crippen MR) is 60.0 cm³/mol. The van der Waals surface area contributed by atoms with Gasteiger partial charge in [-0.1, -0.05) is 6.92 Å². The number of ether oxygens (including phenoxy) is 1. The van der Waals surface area contributed by atoms with Crippen LogP contribution in [0.1, 0.15) is 34.1 Å². The number of carboxylic acid groups (broad SMARTS) is 1. The Bertz CT molecular complexity index is 204. The van der Waals surface area contributed by atoms with E-state index in [9.17, 15) is 4.79 Å². The molecule has 0 fully saturated rings. The van der Waals surface area contributed by atoms with Crippen LogP contribution in [0, 0.1) is 0 Å². The summed E-state index contributed by atoms with van der Waals surface area (Å²) in [6.45, 7) is 8.87. The molecule has 0 aliphatic heterocycles. The van der Waals surface area contributed by atoms with Crippen LogP contribution in [0.2, 0.25) is 0 Å². The number of carbonyl (C=O) groups is 1. The molecule has 4 heteroatoms. The molecule has 0 aromatic rings. The molecule has 0 rings (SSSR count). The van der Waals surface area contributed by atoms with Crippen LogP contribution in [0.15, 0.2) is 0 Å². The molecule has 0 saturated carbocycles. The summed E-state index contributed by atoms with van der Waals surface area (Å²) in [4.78, 5) is 12.6. The molecule has 0 saturated heterocycles. The zero-order valence-corrected chi connectivity index (χ0v) is 10.4. The van der Waals surface area contributed by atoms with Crippen LogP contribution in [0.5, 0.6) is 0 Å². The molecule has 0 amide bonds. The Hall–Kier alpha value is -0.610. The van der Waals surface area contributed by atoms with Gasteiger partial charge in [-0.15, -0.1) is 0 Å². The maximum Gasteiger partial charge on any atom is 0.317 e. The molecule has 90 valence electrons. The lowest BCUT2D eigenvalue weighted by Crippen LogP contribution is -2.41. The van der Waals surface area contributed by atoms with E-state index in [0.29, 0.717) is 0 Å². The van der Waals surface area contributed by atoms with Crippen LogP contribution in [0.25, 0.3) is 0 Å². The minimum absolute atomic E-state index is 0.0947. The number of likely N-dealkylation sites (N-methyl/N-ethyl adjacent to an activating group) is 1. The highest BCUT2D eigenvalue weighted by atomic mass is 16.5. The minimum atomic E-state index is -0.779. The summed E-state index contributed by atoms with van der Waals surface area (Å²) in [5, 5.41) is 8.75. The second-order valence-electron chi connectivity index (χ2n) is 4.47. The Kier molecular flexibility index (Phi) is 5.83. The van der Waals surface area contributed by atoms with E-state index in [2.05, 4.69) is 0 Å². The van der Waals surface area contributed by atoms with E-state index in [0.717, 1.165) is 13.0 Å². The highest BCUT2D eigenvalue weighted by Crippen LogP contribution is 2.18. The van der Waals surface area contributed by atoms with Gasteiger partial charge in [0.25, 0.3) is 0 Å². The van der Waals surface area contributed by atoms with Crippen LogP contribution in [-0.4, -0.2) is 47.8 Å². The lowest BCUT2D eigenvalue weighted by Gasteiger charge is -2.32. The van der Waals surface area contributed by atoms with Gasteiger partial charge in [0.05, 0.1) is 12.1 Å². The summed E-state index contributed by atoms with van der Waals surface area (Å²) < 4.78 is 5.33. The van der Waals surface area contributed by atoms with Gasteiger partial charge in [0.2, 0.25) is 0 Å². The van der Waals surface area contributed by atoms with Crippen molar-refractivity contribution in [1.82, 2.24) is 4.90 Å². The van der Waals surface area contributed by atoms with Crippen LogP contribution in [-0.2, 0) is 9.53 Å². The summed E-state index contributed by atoms with van der Waals surface area (Å²) in [7, 11) is 1.68. The Balaban J connectivity index is 4.26. The molecule has 0 bridgehead atoms. The van der Waals surface area contributed by atoms with Crippen molar-refractivity contribution in [2.45, 2.75) is 45.8 Å². The third-order valence-corrected chi connectivity index (χ3v) is 2.71. The highest BCUT2D eigenvalue weighted by molar-refractivity contribution is 5.69. The van der Waals surface area contributed by atoms with Crippen molar-refractivity contribution in [2.24, 2.45) is 0 Å². The summed E-state index contributed by atoms with van der Waals surface area (Å²) >= 11 is 0. The minimum Gasteiger partial charge on any atom is -0.480 e. The Morgan fingerprint density at radius 3 is 2.40 bits per heavy atom. The normalized spacial score (nSPS) is 14.3. The van der Waals surface area contributed by atoms with E-state index >= 15 is 0 Å². The van der Waals surface area contributed by atoms with Crippen molar-refractivity contribution in [2.75, 3.05) is 20.2 Å². The van der Waals surface area contributed by atoms with E-state index in [1.165, 1.54) is 0 Å². The monoisotopic (exact) mass is 217 g/mol. The molecular weight excluding hydrogens is 194 g/mol. The molecule has 1 atom stereocenters. The maximum absolute atomic E-state index is 10.6. The molecule has 1 unspecified atom stereocenters. The van der Waals surface area contributed by atoms with Crippen molar-refractivity contribution in [3.63, 3.8) is 0 Å². The van der Waals surface area contributed by atoms with Crippen molar-refractivity contribution >= 4 is 5.97 Å². The lowest BCUT2D eigenvalue weighted by molar-refractivity contribution is -0.139. The fraction of sp³-hybridized carbons (Fsp3) is 0.909. The SMILES string of the molecule is CCN(CC(=O)O)C(C)CC(C)(C)OC. The van der Waals surface area contributed by atoms with Crippen molar-refractivity contribution in [1.29, 1.82) is 0 Å². The van der Waals surface area contributed by atoms with Crippen molar-refractivity contribution in [3.8, 4) is 0 Å². The predicted octanol–water partition coefficient (Wildman–Crippen LogP) is 1.60. The molecule has 0 aromatic heterocycles. The summed E-state index contributed by atoms with van der Waals surface area (Å²) in [6.07, 6.45) is 0.824. The van der Waals surface area contributed by atoms with E-state index in [1.54, 1.807) is 7.11 Å². The molecule has 0 spiro atoms. The number of methoxy groups -OCH3 is 1. The van der Waals surface area contributed by atoms with Gasteiger partial charge in [-0.2, -0.15) is 0 Å². The van der Waals surface area contributed by atoms with Gasteiger partial charge in [-0.25, -0.2) is 0 Å². The van der Waals surface area contributed by atoms with Gasteiger partial charge >= 0.3 is 5.97 Å². The van der Waals surface area contributed by atoms with E-state index in [4.69, 9.17) is 9.84 Å². The van der Waals surface area contributed by atoms with E-state index < -0.39 is 5.97 Å². The molecule has 15 heavy (non-hydrogen) atoms. The number of rotatable bonds is 7. The van der Waals surface area contributed by atoms with Crippen LogP contribution < -0.4 is 0 Å². The zero-order valence-electron chi connectivity index (χ0n) is 10.4. The summed E-state index contributed by atoms with van der Waals surface area (Å²) in [5.74, 6) is -0.779. The first-order valence-electron chi connectivity index (χ1n) is 5.33. The number of carboxylic acids is 1. The molecule has 0 radical (unpaired) electrons. The molecule has 4 nitrogen and oxygen atoms in total. The topological polar surface area (TPSA) is 49.8 Å². The molecule has 0 heterocycles. The quantitative estimate of drug-likeness (QED) is 0.703. The Labute approximate surface area is 92.2 Å². The third-order valence-electron chi connectivity index (χ3n) is 2.71. The average Bonchev–Trinajstić information content (AvgIpc) is 2.13. The highest BCUT2D eigenvalue weighted by Gasteiger charge is 2.24. The summed E-state index contributed by atoms with van der Waals surface area (Å²) in [5.41, 5.74) is -0.203. The van der Waals surface area contributed by atoms with Gasteiger partial charge in [-0.05, 0) is 33.7 Å². The smallest absolute Gasteiger partial charge is 0.317 e. The molecule has 0 aromatic carbocycles. The van der Waals surface area contributed by atoms with Crippen LogP contribution in [0.4, 0.5) is 0 Å². The van der Waals surface area contributed by atoms with Crippen molar-refractivity contribution in [3.05, 3.63) is 0 Å². The average molecular weight is 217 g/mol. The Morgan fingerprint density at radius 2 is 2.07 bits per heavy atom. The number of hydrogen-bond acceptors (Lipinski definition) is 3.